The molecular weight excluding hydrogens is 210 g/mol. The Bertz CT molecular complexity index is 371. The van der Waals surface area contributed by atoms with Gasteiger partial charge in [-0.05, 0) is 62.7 Å². The summed E-state index contributed by atoms with van der Waals surface area (Å²) in [6.45, 7) is 2.38. The molecule has 0 spiro atoms. The molecule has 1 aromatic rings. The number of rotatable bonds is 2. The number of para-hydroxylation sites is 1. The second kappa shape index (κ2) is 5.09. The van der Waals surface area contributed by atoms with E-state index >= 15 is 0 Å². The molecule has 2 aliphatic heterocycles. The van der Waals surface area contributed by atoms with Gasteiger partial charge >= 0.3 is 0 Å². The molecular formula is C15H21NO. The number of fused-ring (bicyclic) bond motifs is 1. The van der Waals surface area contributed by atoms with Crippen LogP contribution in [0, 0.1) is 5.92 Å². The molecule has 92 valence electrons. The zero-order chi connectivity index (χ0) is 11.5. The van der Waals surface area contributed by atoms with Crippen LogP contribution in [0.4, 0.5) is 0 Å². The molecule has 1 fully saturated rings. The predicted molar refractivity (Wildman–Crippen MR) is 69.4 cm³/mol. The summed E-state index contributed by atoms with van der Waals surface area (Å²) in [5, 5.41) is 3.43. The molecule has 0 radical (unpaired) electrons. The van der Waals surface area contributed by atoms with Gasteiger partial charge in [-0.25, -0.2) is 0 Å². The van der Waals surface area contributed by atoms with Crippen LogP contribution in [-0.4, -0.2) is 19.2 Å². The van der Waals surface area contributed by atoms with Crippen molar-refractivity contribution in [3.05, 3.63) is 29.8 Å². The summed E-state index contributed by atoms with van der Waals surface area (Å²) in [7, 11) is 0. The minimum Gasteiger partial charge on any atom is -0.490 e. The lowest BCUT2D eigenvalue weighted by molar-refractivity contribution is 0.133. The molecule has 1 saturated heterocycles. The van der Waals surface area contributed by atoms with E-state index in [-0.39, 0.29) is 0 Å². The van der Waals surface area contributed by atoms with Gasteiger partial charge in [-0.3, -0.25) is 0 Å². The average Bonchev–Trinajstić information content (AvgIpc) is 2.40. The smallest absolute Gasteiger partial charge is 0.122 e. The summed E-state index contributed by atoms with van der Waals surface area (Å²) in [5.74, 6) is 1.99. The number of piperidine rings is 1. The summed E-state index contributed by atoms with van der Waals surface area (Å²) in [5.41, 5.74) is 1.38. The Balaban J connectivity index is 1.60. The predicted octanol–water partition coefficient (Wildman–Crippen LogP) is 2.77. The lowest BCUT2D eigenvalue weighted by Crippen LogP contribution is -2.32. The highest BCUT2D eigenvalue weighted by Crippen LogP contribution is 2.31. The summed E-state index contributed by atoms with van der Waals surface area (Å²) < 4.78 is 6.11. The van der Waals surface area contributed by atoms with Crippen molar-refractivity contribution in [3.8, 4) is 5.75 Å². The Morgan fingerprint density at radius 3 is 2.82 bits per heavy atom. The SMILES string of the molecule is c1ccc2c(c1)CCC(CC1CCNCC1)O2. The maximum atomic E-state index is 6.11. The number of hydrogen-bond acceptors (Lipinski definition) is 2. The maximum Gasteiger partial charge on any atom is 0.122 e. The fourth-order valence-corrected chi connectivity index (χ4v) is 3.04. The Morgan fingerprint density at radius 1 is 1.12 bits per heavy atom. The van der Waals surface area contributed by atoms with Crippen LogP contribution in [-0.2, 0) is 6.42 Å². The third-order valence-corrected chi connectivity index (χ3v) is 4.06. The quantitative estimate of drug-likeness (QED) is 0.845. The van der Waals surface area contributed by atoms with Crippen LogP contribution in [0.3, 0.4) is 0 Å². The molecule has 1 N–H and O–H groups in total. The lowest BCUT2D eigenvalue weighted by Gasteiger charge is -2.31. The van der Waals surface area contributed by atoms with E-state index in [4.69, 9.17) is 4.74 Å². The number of benzene rings is 1. The van der Waals surface area contributed by atoms with E-state index in [0.29, 0.717) is 6.10 Å². The van der Waals surface area contributed by atoms with Crippen molar-refractivity contribution in [2.75, 3.05) is 13.1 Å². The van der Waals surface area contributed by atoms with Crippen LogP contribution in [0.1, 0.15) is 31.2 Å². The van der Waals surface area contributed by atoms with Crippen molar-refractivity contribution in [1.29, 1.82) is 0 Å². The largest absolute Gasteiger partial charge is 0.490 e. The van der Waals surface area contributed by atoms with E-state index in [1.54, 1.807) is 0 Å². The van der Waals surface area contributed by atoms with Gasteiger partial charge in [0.25, 0.3) is 0 Å². The third kappa shape index (κ3) is 2.63. The monoisotopic (exact) mass is 231 g/mol. The summed E-state index contributed by atoms with van der Waals surface area (Å²) in [6.07, 6.45) is 6.72. The first-order valence-corrected chi connectivity index (χ1v) is 6.87. The molecule has 0 bridgehead atoms. The first kappa shape index (κ1) is 11.1. The van der Waals surface area contributed by atoms with Crippen molar-refractivity contribution in [2.45, 2.75) is 38.2 Å². The second-order valence-corrected chi connectivity index (χ2v) is 5.32. The van der Waals surface area contributed by atoms with Gasteiger partial charge in [0.15, 0.2) is 0 Å². The summed E-state index contributed by atoms with van der Waals surface area (Å²) in [4.78, 5) is 0. The zero-order valence-corrected chi connectivity index (χ0v) is 10.3. The van der Waals surface area contributed by atoms with E-state index < -0.39 is 0 Å². The van der Waals surface area contributed by atoms with Gasteiger partial charge in [0.1, 0.15) is 5.75 Å². The van der Waals surface area contributed by atoms with Gasteiger partial charge in [0, 0.05) is 0 Å². The molecule has 2 heterocycles. The summed E-state index contributed by atoms with van der Waals surface area (Å²) in [6, 6.07) is 8.49. The Labute approximate surface area is 103 Å². The number of aryl methyl sites for hydroxylation is 1. The van der Waals surface area contributed by atoms with E-state index in [1.807, 2.05) is 0 Å². The van der Waals surface area contributed by atoms with Crippen LogP contribution in [0.2, 0.25) is 0 Å². The number of nitrogens with one attached hydrogen (secondary N) is 1. The van der Waals surface area contributed by atoms with Gasteiger partial charge in [-0.1, -0.05) is 18.2 Å². The van der Waals surface area contributed by atoms with Gasteiger partial charge < -0.3 is 10.1 Å². The molecule has 1 atom stereocenters. The number of hydrogen-bond donors (Lipinski definition) is 1. The van der Waals surface area contributed by atoms with Gasteiger partial charge in [-0.15, -0.1) is 0 Å². The average molecular weight is 231 g/mol. The molecule has 2 heteroatoms. The van der Waals surface area contributed by atoms with E-state index in [9.17, 15) is 0 Å². The molecule has 0 saturated carbocycles. The van der Waals surface area contributed by atoms with Crippen LogP contribution in [0.15, 0.2) is 24.3 Å². The van der Waals surface area contributed by atoms with Crippen LogP contribution in [0.5, 0.6) is 5.75 Å². The second-order valence-electron chi connectivity index (χ2n) is 5.32. The Kier molecular flexibility index (Phi) is 3.32. The molecule has 1 aromatic carbocycles. The highest BCUT2D eigenvalue weighted by atomic mass is 16.5. The molecule has 1 unspecified atom stereocenters. The van der Waals surface area contributed by atoms with Crippen LogP contribution >= 0.6 is 0 Å². The fourth-order valence-electron chi connectivity index (χ4n) is 3.04. The topological polar surface area (TPSA) is 21.3 Å². The summed E-state index contributed by atoms with van der Waals surface area (Å²) >= 11 is 0. The van der Waals surface area contributed by atoms with Gasteiger partial charge in [-0.2, -0.15) is 0 Å². The maximum absolute atomic E-state index is 6.11. The molecule has 3 rings (SSSR count). The first-order chi connectivity index (χ1) is 8.42. The highest BCUT2D eigenvalue weighted by molar-refractivity contribution is 5.35. The van der Waals surface area contributed by atoms with Crippen molar-refractivity contribution in [3.63, 3.8) is 0 Å². The highest BCUT2D eigenvalue weighted by Gasteiger charge is 2.23. The van der Waals surface area contributed by atoms with Crippen molar-refractivity contribution < 1.29 is 4.74 Å². The van der Waals surface area contributed by atoms with E-state index in [0.717, 1.165) is 11.7 Å². The van der Waals surface area contributed by atoms with Crippen molar-refractivity contribution in [1.82, 2.24) is 5.32 Å². The van der Waals surface area contributed by atoms with E-state index in [1.165, 1.54) is 50.8 Å². The minimum atomic E-state index is 0.452. The van der Waals surface area contributed by atoms with Gasteiger partial charge in [0.05, 0.1) is 6.10 Å². The standard InChI is InChI=1S/C15H21NO/c1-2-4-15-13(3-1)5-6-14(17-15)11-12-7-9-16-10-8-12/h1-4,12,14,16H,5-11H2. The third-order valence-electron chi connectivity index (χ3n) is 4.06. The van der Waals surface area contributed by atoms with Gasteiger partial charge in [0.2, 0.25) is 0 Å². The van der Waals surface area contributed by atoms with Crippen LogP contribution < -0.4 is 10.1 Å². The fraction of sp³-hybridized carbons (Fsp3) is 0.600. The number of ether oxygens (including phenoxy) is 1. The normalized spacial score (nSPS) is 25.1. The minimum absolute atomic E-state index is 0.452. The molecule has 0 aliphatic carbocycles. The van der Waals surface area contributed by atoms with Crippen molar-refractivity contribution in [2.24, 2.45) is 5.92 Å². The molecule has 17 heavy (non-hydrogen) atoms. The Hall–Kier alpha value is -1.02. The first-order valence-electron chi connectivity index (χ1n) is 6.87. The van der Waals surface area contributed by atoms with E-state index in [2.05, 4.69) is 29.6 Å². The molecule has 0 amide bonds. The van der Waals surface area contributed by atoms with Crippen molar-refractivity contribution >= 4 is 0 Å². The lowest BCUT2D eigenvalue weighted by atomic mass is 9.89. The molecule has 2 aliphatic rings. The molecule has 0 aromatic heterocycles. The van der Waals surface area contributed by atoms with Crippen LogP contribution in [0.25, 0.3) is 0 Å². The Morgan fingerprint density at radius 2 is 1.94 bits per heavy atom. The molecule has 2 nitrogen and oxygen atoms in total. The zero-order valence-electron chi connectivity index (χ0n) is 10.3.